The van der Waals surface area contributed by atoms with E-state index in [1.165, 1.54) is 27.7 Å². The maximum absolute atomic E-state index is 14.1. The normalized spacial score (nSPS) is 24.8. The number of hydrogen-bond donors (Lipinski definition) is 12. The van der Waals surface area contributed by atoms with Gasteiger partial charge in [0.2, 0.25) is 59.1 Å². The highest BCUT2D eigenvalue weighted by atomic mass is 33.1. The van der Waals surface area contributed by atoms with E-state index in [4.69, 9.17) is 0 Å². The second-order valence-electron chi connectivity index (χ2n) is 17.7. The van der Waals surface area contributed by atoms with Crippen molar-refractivity contribution in [3.8, 4) is 0 Å². The van der Waals surface area contributed by atoms with Crippen molar-refractivity contribution in [1.82, 2.24) is 72.3 Å². The first-order valence-corrected chi connectivity index (χ1v) is 25.1. The molecule has 8 atom stereocenters. The molecule has 2 bridgehead atoms. The van der Waals surface area contributed by atoms with Gasteiger partial charge in [0.25, 0.3) is 11.1 Å². The molecule has 2 aromatic heterocycles. The number of carbonyl (C=O) groups excluding carboxylic acids is 10. The van der Waals surface area contributed by atoms with Crippen LogP contribution in [0.15, 0.2) is 31.6 Å². The molecule has 2 aliphatic rings. The average molecular weight is 1050 g/mol. The van der Waals surface area contributed by atoms with Gasteiger partial charge in [0.05, 0.1) is 0 Å². The predicted molar refractivity (Wildman–Crippen MR) is 260 cm³/mol. The third-order valence-electron chi connectivity index (χ3n) is 11.1. The summed E-state index contributed by atoms with van der Waals surface area (Å²) in [6, 6.07) is -11.7. The van der Waals surface area contributed by atoms with Crippen LogP contribution in [0.4, 0.5) is 0 Å². The third-order valence-corrected chi connectivity index (χ3v) is 13.5. The first-order valence-electron chi connectivity index (χ1n) is 22.6. The van der Waals surface area contributed by atoms with E-state index in [2.05, 4.69) is 63.1 Å². The summed E-state index contributed by atoms with van der Waals surface area (Å²) in [5.41, 5.74) is -3.02. The van der Waals surface area contributed by atoms with E-state index in [0.29, 0.717) is 0 Å². The van der Waals surface area contributed by atoms with Crippen molar-refractivity contribution in [1.29, 1.82) is 0 Å². The molecule has 0 aromatic carbocycles. The van der Waals surface area contributed by atoms with Gasteiger partial charge in [-0.15, -0.1) is 0 Å². The van der Waals surface area contributed by atoms with E-state index in [1.54, 1.807) is 27.7 Å². The predicted octanol–water partition coefficient (Wildman–Crippen LogP) is -6.43. The molecule has 0 spiro atoms. The number of nitrogens with one attached hydrogen (secondary N) is 12. The van der Waals surface area contributed by atoms with Crippen LogP contribution in [0.5, 0.6) is 0 Å². The molecule has 4 heterocycles. The first kappa shape index (κ1) is 57.3. The maximum atomic E-state index is 14.1. The van der Waals surface area contributed by atoms with E-state index in [0.717, 1.165) is 43.1 Å². The lowest BCUT2D eigenvalue weighted by Gasteiger charge is -2.29. The van der Waals surface area contributed by atoms with Crippen LogP contribution in [0.2, 0.25) is 0 Å². The molecule has 0 saturated carbocycles. The third kappa shape index (κ3) is 16.1. The molecule has 72 heavy (non-hydrogen) atoms. The van der Waals surface area contributed by atoms with Crippen molar-refractivity contribution in [2.45, 2.75) is 117 Å². The number of fused-ring (bicyclic) bond motifs is 5. The van der Waals surface area contributed by atoms with Crippen molar-refractivity contribution in [3.05, 3.63) is 65.2 Å². The summed E-state index contributed by atoms with van der Waals surface area (Å²) in [6.45, 7) is 9.02. The second kappa shape index (κ2) is 25.7. The molecule has 2 fully saturated rings. The number of H-pyrrole nitrogens is 2. The molecule has 4 rings (SSSR count). The van der Waals surface area contributed by atoms with Crippen LogP contribution in [0, 0.1) is 25.7 Å². The van der Waals surface area contributed by atoms with Crippen LogP contribution in [0.25, 0.3) is 0 Å². The quantitative estimate of drug-likeness (QED) is 0.109. The van der Waals surface area contributed by atoms with E-state index in [1.807, 2.05) is 0 Å². The van der Waals surface area contributed by atoms with Gasteiger partial charge in [-0.25, -0.2) is 9.59 Å². The number of carbonyl (C=O) groups is 10. The van der Waals surface area contributed by atoms with Gasteiger partial charge in [-0.3, -0.25) is 76.6 Å². The summed E-state index contributed by atoms with van der Waals surface area (Å²) < 4.78 is 1.74. The standard InChI is InChI=1S/C42H60N14O14S2/c1-17(2)29-39(67)43-9-23(47-27(57)13-55-11-19(5)31(59)53-41(55)69)35(63)45-22(8)34(62)50-26-16-72-71-15-25(37(65)51-29)49-33(61)21(7)46-36(64)24(10-44-40(68)30(18(3)4)52-38(26)66)48-28(58)14-56-12-20(6)32(60)54-42(56)70/h11-12,17-18,21-26,29-30H,9-10,13-16H2,1-8H3,(H,43,67)(H,44,68)(H,45,63)(H,46,64)(H,47,57)(H,48,58)(H,49,61)(H,50,62)(H,51,65)(H,52,66)(H,53,59,69)(H,54,60,70)/t21-,22-,23+,24+,25-,26-,29-,30-/m0/s1. The Morgan fingerprint density at radius 3 is 1.21 bits per heavy atom. The van der Waals surface area contributed by atoms with Gasteiger partial charge in [-0.1, -0.05) is 49.3 Å². The van der Waals surface area contributed by atoms with E-state index in [-0.39, 0.29) is 22.6 Å². The SMILES string of the molecule is Cc1cn(CC(=O)N[C@@H]2CNC(=O)[C@H](C(C)C)NC(=O)[C@@H]3CSSC[C@H](NC(=O)[C@H](C)NC2=O)C(=O)N[C@@H](C(C)C)C(=O)NC[C@@H](NC(=O)Cn2cc(C)c(=O)[nH]c2=O)C(=O)N[C@@H](C)C(=O)N3)c(=O)[nH]c1=O. The lowest BCUT2D eigenvalue weighted by molar-refractivity contribution is -0.135. The molecule has 2 aliphatic heterocycles. The summed E-state index contributed by atoms with van der Waals surface area (Å²) in [5, 5.41) is 25.0. The number of aromatic amines is 2. The Hall–Kier alpha value is -7.24. The number of aromatic nitrogens is 4. The monoisotopic (exact) mass is 1050 g/mol. The number of nitrogens with zero attached hydrogens (tertiary/aromatic N) is 2. The van der Waals surface area contributed by atoms with Crippen molar-refractivity contribution in [3.63, 3.8) is 0 Å². The fourth-order valence-corrected chi connectivity index (χ4v) is 9.16. The van der Waals surface area contributed by atoms with Gasteiger partial charge < -0.3 is 53.2 Å². The first-order chi connectivity index (χ1) is 33.7. The van der Waals surface area contributed by atoms with Gasteiger partial charge in [0, 0.05) is 48.1 Å². The smallest absolute Gasteiger partial charge is 0.328 e. The summed E-state index contributed by atoms with van der Waals surface area (Å²) >= 11 is 0. The Balaban J connectivity index is 1.72. The van der Waals surface area contributed by atoms with Gasteiger partial charge in [0.15, 0.2) is 0 Å². The zero-order chi connectivity index (χ0) is 53.7. The molecular weight excluding hydrogens is 989 g/mol. The van der Waals surface area contributed by atoms with Crippen LogP contribution in [-0.4, -0.2) is 151 Å². The largest absolute Gasteiger partial charge is 0.352 e. The minimum Gasteiger partial charge on any atom is -0.352 e. The molecule has 0 unspecified atom stereocenters. The van der Waals surface area contributed by atoms with E-state index >= 15 is 0 Å². The molecule has 12 N–H and O–H groups in total. The van der Waals surface area contributed by atoms with Crippen LogP contribution < -0.4 is 75.7 Å². The van der Waals surface area contributed by atoms with Crippen molar-refractivity contribution in [2.24, 2.45) is 11.8 Å². The summed E-state index contributed by atoms with van der Waals surface area (Å²) in [5.74, 6) is -10.9. The zero-order valence-corrected chi connectivity index (χ0v) is 42.2. The molecular formula is C42H60N14O14S2. The molecule has 0 radical (unpaired) electrons. The van der Waals surface area contributed by atoms with Crippen LogP contribution in [-0.2, 0) is 61.0 Å². The molecule has 2 aromatic rings. The fourth-order valence-electron chi connectivity index (χ4n) is 6.83. The van der Waals surface area contributed by atoms with Crippen LogP contribution in [0.3, 0.4) is 0 Å². The molecule has 394 valence electrons. The van der Waals surface area contributed by atoms with Crippen molar-refractivity contribution < 1.29 is 47.9 Å². The topological polar surface area (TPSA) is 401 Å². The zero-order valence-electron chi connectivity index (χ0n) is 40.6. The molecule has 2 saturated heterocycles. The molecule has 28 nitrogen and oxygen atoms in total. The van der Waals surface area contributed by atoms with Crippen LogP contribution in [0.1, 0.15) is 52.7 Å². The average Bonchev–Trinajstić information content (AvgIpc) is 3.29. The Kier molecular flexibility index (Phi) is 20.5. The highest BCUT2D eigenvalue weighted by molar-refractivity contribution is 8.76. The second-order valence-corrected chi connectivity index (χ2v) is 20.3. The fraction of sp³-hybridized carbons (Fsp3) is 0.571. The Bertz CT molecular complexity index is 2500. The molecule has 30 heteroatoms. The van der Waals surface area contributed by atoms with Crippen molar-refractivity contribution in [2.75, 3.05) is 24.6 Å². The maximum Gasteiger partial charge on any atom is 0.328 e. The number of aryl methyl sites for hydroxylation is 2. The Labute approximate surface area is 418 Å². The van der Waals surface area contributed by atoms with Crippen LogP contribution >= 0.6 is 21.6 Å². The number of amides is 10. The van der Waals surface area contributed by atoms with Gasteiger partial charge in [0.1, 0.15) is 61.4 Å². The van der Waals surface area contributed by atoms with Gasteiger partial charge >= 0.3 is 11.4 Å². The van der Waals surface area contributed by atoms with Gasteiger partial charge in [-0.05, 0) is 39.5 Å². The van der Waals surface area contributed by atoms with Gasteiger partial charge in [-0.2, -0.15) is 0 Å². The number of rotatable bonds is 8. The van der Waals surface area contributed by atoms with Crippen molar-refractivity contribution >= 4 is 80.7 Å². The van der Waals surface area contributed by atoms with E-state index < -0.39 is 168 Å². The summed E-state index contributed by atoms with van der Waals surface area (Å²) in [7, 11) is 1.96. The van der Waals surface area contributed by atoms with E-state index in [9.17, 15) is 67.1 Å². The lowest BCUT2D eigenvalue weighted by atomic mass is 10.0. The minimum absolute atomic E-state index is 0.100. The molecule has 0 aliphatic carbocycles. The molecule has 10 amide bonds. The lowest BCUT2D eigenvalue weighted by Crippen LogP contribution is -2.62. The minimum atomic E-state index is -1.63. The Morgan fingerprint density at radius 1 is 0.528 bits per heavy atom. The summed E-state index contributed by atoms with van der Waals surface area (Å²) in [4.78, 5) is 190. The Morgan fingerprint density at radius 2 is 0.875 bits per heavy atom. The number of hydrogen-bond acceptors (Lipinski definition) is 16. The summed E-state index contributed by atoms with van der Waals surface area (Å²) in [6.07, 6.45) is 2.25. The highest BCUT2D eigenvalue weighted by Gasteiger charge is 2.36. The highest BCUT2D eigenvalue weighted by Crippen LogP contribution is 2.24.